The number of para-hydroxylation sites is 1. The molecule has 1 heterocycles. The fourth-order valence-electron chi connectivity index (χ4n) is 1.94. The van der Waals surface area contributed by atoms with Crippen LogP contribution in [0, 0.1) is 11.6 Å². The SMILES string of the molecule is CSc1ccc2nc(NC(=O)Nc3c(F)cccc3F)sc2c1. The van der Waals surface area contributed by atoms with Gasteiger partial charge in [0.25, 0.3) is 0 Å². The zero-order valence-electron chi connectivity index (χ0n) is 11.9. The Bertz CT molecular complexity index is 862. The van der Waals surface area contributed by atoms with Gasteiger partial charge in [-0.1, -0.05) is 17.4 Å². The van der Waals surface area contributed by atoms with E-state index in [9.17, 15) is 13.6 Å². The molecule has 0 spiro atoms. The van der Waals surface area contributed by atoms with Crippen LogP contribution in [0.15, 0.2) is 41.3 Å². The second-order valence-corrected chi connectivity index (χ2v) is 6.44. The molecule has 0 saturated heterocycles. The van der Waals surface area contributed by atoms with E-state index in [1.807, 2.05) is 24.5 Å². The molecule has 2 aromatic carbocycles. The summed E-state index contributed by atoms with van der Waals surface area (Å²) in [7, 11) is 0. The highest BCUT2D eigenvalue weighted by atomic mass is 32.2. The molecule has 0 aliphatic rings. The third-order valence-corrected chi connectivity index (χ3v) is 4.68. The maximum Gasteiger partial charge on any atom is 0.325 e. The Kier molecular flexibility index (Phi) is 4.44. The van der Waals surface area contributed by atoms with Gasteiger partial charge in [0.1, 0.15) is 17.3 Å². The van der Waals surface area contributed by atoms with Gasteiger partial charge in [-0.3, -0.25) is 5.32 Å². The van der Waals surface area contributed by atoms with E-state index in [0.29, 0.717) is 5.13 Å². The number of nitrogens with one attached hydrogen (secondary N) is 2. The summed E-state index contributed by atoms with van der Waals surface area (Å²) >= 11 is 2.90. The molecule has 0 bridgehead atoms. The zero-order chi connectivity index (χ0) is 16.4. The highest BCUT2D eigenvalue weighted by Gasteiger charge is 2.13. The molecule has 2 N–H and O–H groups in total. The maximum atomic E-state index is 13.5. The van der Waals surface area contributed by atoms with E-state index in [0.717, 1.165) is 27.2 Å². The largest absolute Gasteiger partial charge is 0.325 e. The Labute approximate surface area is 138 Å². The number of thiazole rings is 1. The van der Waals surface area contributed by atoms with Crippen molar-refractivity contribution < 1.29 is 13.6 Å². The minimum atomic E-state index is -0.839. The first-order chi connectivity index (χ1) is 11.1. The molecular formula is C15H11F2N3OS2. The van der Waals surface area contributed by atoms with E-state index in [1.165, 1.54) is 17.4 Å². The number of fused-ring (bicyclic) bond motifs is 1. The van der Waals surface area contributed by atoms with Crippen LogP contribution < -0.4 is 10.6 Å². The van der Waals surface area contributed by atoms with Crippen molar-refractivity contribution >= 4 is 50.2 Å². The number of anilines is 2. The summed E-state index contributed by atoms with van der Waals surface area (Å²) < 4.78 is 27.9. The van der Waals surface area contributed by atoms with Crippen molar-refractivity contribution in [3.05, 3.63) is 48.0 Å². The minimum absolute atomic E-state index is 0.354. The van der Waals surface area contributed by atoms with Crippen LogP contribution in [0.25, 0.3) is 10.2 Å². The number of halogens is 2. The van der Waals surface area contributed by atoms with Crippen LogP contribution >= 0.6 is 23.1 Å². The summed E-state index contributed by atoms with van der Waals surface area (Å²) in [6, 6.07) is 8.38. The van der Waals surface area contributed by atoms with Crippen molar-refractivity contribution in [3.63, 3.8) is 0 Å². The van der Waals surface area contributed by atoms with Crippen LogP contribution in [-0.2, 0) is 0 Å². The summed E-state index contributed by atoms with van der Waals surface area (Å²) in [5.41, 5.74) is 0.260. The zero-order valence-corrected chi connectivity index (χ0v) is 13.5. The van der Waals surface area contributed by atoms with Gasteiger partial charge in [0.15, 0.2) is 5.13 Å². The maximum absolute atomic E-state index is 13.5. The molecule has 8 heteroatoms. The predicted molar refractivity (Wildman–Crippen MR) is 90.4 cm³/mol. The van der Waals surface area contributed by atoms with Gasteiger partial charge in [-0.2, -0.15) is 0 Å². The molecule has 3 rings (SSSR count). The molecule has 0 unspecified atom stereocenters. The summed E-state index contributed by atoms with van der Waals surface area (Å²) in [5.74, 6) is -1.68. The second kappa shape index (κ2) is 6.51. The molecule has 0 radical (unpaired) electrons. The van der Waals surface area contributed by atoms with E-state index in [2.05, 4.69) is 15.6 Å². The Morgan fingerprint density at radius 3 is 2.61 bits per heavy atom. The van der Waals surface area contributed by atoms with Crippen molar-refractivity contribution in [2.75, 3.05) is 16.9 Å². The molecule has 0 aliphatic heterocycles. The number of nitrogens with zero attached hydrogens (tertiary/aromatic N) is 1. The normalized spacial score (nSPS) is 10.7. The van der Waals surface area contributed by atoms with E-state index >= 15 is 0 Å². The quantitative estimate of drug-likeness (QED) is 0.657. The Hall–Kier alpha value is -2.19. The van der Waals surface area contributed by atoms with Crippen LogP contribution in [0.5, 0.6) is 0 Å². The van der Waals surface area contributed by atoms with Gasteiger partial charge in [0.05, 0.1) is 10.2 Å². The number of urea groups is 1. The standard InChI is InChI=1S/C15H11F2N3OS2/c1-22-8-5-6-11-12(7-8)23-15(18-11)20-14(21)19-13-9(16)3-2-4-10(13)17/h2-7H,1H3,(H2,18,19,20,21). The van der Waals surface area contributed by atoms with E-state index in [4.69, 9.17) is 0 Å². The van der Waals surface area contributed by atoms with Crippen LogP contribution in [0.4, 0.5) is 24.4 Å². The molecule has 118 valence electrons. The monoisotopic (exact) mass is 351 g/mol. The van der Waals surface area contributed by atoms with Crippen molar-refractivity contribution in [1.82, 2.24) is 4.98 Å². The number of carbonyl (C=O) groups is 1. The Morgan fingerprint density at radius 1 is 1.17 bits per heavy atom. The lowest BCUT2D eigenvalue weighted by molar-refractivity contribution is 0.262. The number of hydrogen-bond acceptors (Lipinski definition) is 4. The third-order valence-electron chi connectivity index (χ3n) is 3.02. The summed E-state index contributed by atoms with van der Waals surface area (Å²) in [6.45, 7) is 0. The molecule has 3 aromatic rings. The van der Waals surface area contributed by atoms with Gasteiger partial charge < -0.3 is 5.32 Å². The molecule has 0 fully saturated rings. The number of aromatic nitrogens is 1. The topological polar surface area (TPSA) is 54.0 Å². The van der Waals surface area contributed by atoms with Crippen LogP contribution in [-0.4, -0.2) is 17.3 Å². The molecule has 23 heavy (non-hydrogen) atoms. The van der Waals surface area contributed by atoms with E-state index in [1.54, 1.807) is 11.8 Å². The number of amides is 2. The molecule has 2 amide bonds. The lowest BCUT2D eigenvalue weighted by Crippen LogP contribution is -2.20. The molecule has 0 saturated carbocycles. The minimum Gasteiger partial charge on any atom is -0.302 e. The molecular weight excluding hydrogens is 340 g/mol. The van der Waals surface area contributed by atoms with Crippen molar-refractivity contribution in [2.24, 2.45) is 0 Å². The lowest BCUT2D eigenvalue weighted by atomic mass is 10.3. The van der Waals surface area contributed by atoms with Gasteiger partial charge >= 0.3 is 6.03 Å². The Balaban J connectivity index is 1.77. The van der Waals surface area contributed by atoms with Crippen LogP contribution in [0.2, 0.25) is 0 Å². The van der Waals surface area contributed by atoms with Gasteiger partial charge in [-0.25, -0.2) is 18.6 Å². The van der Waals surface area contributed by atoms with E-state index in [-0.39, 0.29) is 0 Å². The smallest absolute Gasteiger partial charge is 0.302 e. The Morgan fingerprint density at radius 2 is 1.91 bits per heavy atom. The molecule has 0 aliphatic carbocycles. The first-order valence-electron chi connectivity index (χ1n) is 6.53. The van der Waals surface area contributed by atoms with Gasteiger partial charge in [-0.05, 0) is 36.6 Å². The highest BCUT2D eigenvalue weighted by molar-refractivity contribution is 7.98. The summed E-state index contributed by atoms with van der Waals surface area (Å²) in [6.07, 6.45) is 1.97. The average Bonchev–Trinajstić information content (AvgIpc) is 2.92. The molecule has 1 aromatic heterocycles. The first kappa shape index (κ1) is 15.7. The van der Waals surface area contributed by atoms with Crippen LogP contribution in [0.3, 0.4) is 0 Å². The fraction of sp³-hybridized carbons (Fsp3) is 0.0667. The lowest BCUT2D eigenvalue weighted by Gasteiger charge is -2.07. The number of rotatable bonds is 3. The summed E-state index contributed by atoms with van der Waals surface area (Å²) in [4.78, 5) is 17.2. The molecule has 4 nitrogen and oxygen atoms in total. The molecule has 0 atom stereocenters. The van der Waals surface area contributed by atoms with Crippen molar-refractivity contribution in [2.45, 2.75) is 4.90 Å². The van der Waals surface area contributed by atoms with Crippen molar-refractivity contribution in [3.8, 4) is 0 Å². The number of hydrogen-bond donors (Lipinski definition) is 2. The fourth-order valence-corrected chi connectivity index (χ4v) is 3.36. The van der Waals surface area contributed by atoms with Gasteiger partial charge in [-0.15, -0.1) is 11.8 Å². The first-order valence-corrected chi connectivity index (χ1v) is 8.57. The number of thioether (sulfide) groups is 1. The van der Waals surface area contributed by atoms with Crippen molar-refractivity contribution in [1.29, 1.82) is 0 Å². The predicted octanol–water partition coefficient (Wildman–Crippen LogP) is 4.94. The van der Waals surface area contributed by atoms with E-state index < -0.39 is 23.4 Å². The highest BCUT2D eigenvalue weighted by Crippen LogP contribution is 2.29. The average molecular weight is 351 g/mol. The van der Waals surface area contributed by atoms with Gasteiger partial charge in [0, 0.05) is 4.90 Å². The number of carbonyl (C=O) groups excluding carboxylic acids is 1. The van der Waals surface area contributed by atoms with Gasteiger partial charge in [0.2, 0.25) is 0 Å². The number of benzene rings is 2. The van der Waals surface area contributed by atoms with Crippen LogP contribution in [0.1, 0.15) is 0 Å². The third kappa shape index (κ3) is 3.43. The second-order valence-electron chi connectivity index (χ2n) is 4.53. The summed E-state index contributed by atoms with van der Waals surface area (Å²) in [5, 5.41) is 5.00.